The third kappa shape index (κ3) is 5.31. The molecule has 4 atom stereocenters. The first-order valence-electron chi connectivity index (χ1n) is 12.9. The van der Waals surface area contributed by atoms with E-state index in [0.29, 0.717) is 17.5 Å². The van der Waals surface area contributed by atoms with Crippen molar-refractivity contribution in [1.29, 1.82) is 0 Å². The van der Waals surface area contributed by atoms with Crippen molar-refractivity contribution < 1.29 is 4.79 Å². The molecule has 5 heteroatoms. The maximum absolute atomic E-state index is 13.8. The Labute approximate surface area is 209 Å². The van der Waals surface area contributed by atoms with Crippen LogP contribution in [0.5, 0.6) is 0 Å². The zero-order valence-corrected chi connectivity index (χ0v) is 20.8. The van der Waals surface area contributed by atoms with Crippen molar-refractivity contribution in [2.24, 2.45) is 0 Å². The molecule has 182 valence electrons. The minimum atomic E-state index is 0.0531. The normalized spacial score (nSPS) is 23.5. The summed E-state index contributed by atoms with van der Waals surface area (Å²) in [6, 6.07) is 27.6. The predicted molar refractivity (Wildman–Crippen MR) is 141 cm³/mol. The second-order valence-electron chi connectivity index (χ2n) is 10.1. The highest BCUT2D eigenvalue weighted by Gasteiger charge is 2.38. The van der Waals surface area contributed by atoms with Crippen LogP contribution in [0.3, 0.4) is 0 Å². The van der Waals surface area contributed by atoms with Gasteiger partial charge in [-0.25, -0.2) is 4.98 Å². The monoisotopic (exact) mass is 468 g/mol. The Morgan fingerprint density at radius 2 is 1.63 bits per heavy atom. The lowest BCUT2D eigenvalue weighted by Crippen LogP contribution is -2.43. The molecule has 2 aliphatic heterocycles. The van der Waals surface area contributed by atoms with E-state index in [0.717, 1.165) is 38.3 Å². The van der Waals surface area contributed by atoms with Crippen molar-refractivity contribution >= 4 is 5.91 Å². The summed E-state index contributed by atoms with van der Waals surface area (Å²) < 4.78 is 0. The molecule has 3 aromatic rings. The number of nitrogens with one attached hydrogen (secondary N) is 1. The molecule has 35 heavy (non-hydrogen) atoms. The molecule has 2 unspecified atom stereocenters. The maximum atomic E-state index is 13.8. The first-order chi connectivity index (χ1) is 17.1. The van der Waals surface area contributed by atoms with Crippen molar-refractivity contribution in [1.82, 2.24) is 20.1 Å². The van der Waals surface area contributed by atoms with Crippen LogP contribution in [0.2, 0.25) is 0 Å². The van der Waals surface area contributed by atoms with Crippen molar-refractivity contribution in [2.45, 2.75) is 43.7 Å². The Kier molecular flexibility index (Phi) is 7.26. The van der Waals surface area contributed by atoms with E-state index >= 15 is 0 Å². The van der Waals surface area contributed by atoms with Crippen LogP contribution in [-0.2, 0) is 0 Å². The third-order valence-electron chi connectivity index (χ3n) is 7.82. The van der Waals surface area contributed by atoms with Crippen LogP contribution in [0, 0.1) is 0 Å². The lowest BCUT2D eigenvalue weighted by Gasteiger charge is -2.28. The molecule has 0 saturated carbocycles. The molecule has 2 fully saturated rings. The number of carbonyl (C=O) groups is 1. The first-order valence-corrected chi connectivity index (χ1v) is 12.9. The quantitative estimate of drug-likeness (QED) is 0.539. The van der Waals surface area contributed by atoms with Crippen LogP contribution in [-0.4, -0.2) is 60.0 Å². The van der Waals surface area contributed by atoms with Gasteiger partial charge in [-0.15, -0.1) is 0 Å². The fraction of sp³-hybridized carbons (Fsp3) is 0.400. The third-order valence-corrected chi connectivity index (χ3v) is 7.82. The second kappa shape index (κ2) is 10.7. The molecule has 5 rings (SSSR count). The van der Waals surface area contributed by atoms with Gasteiger partial charge in [-0.3, -0.25) is 4.79 Å². The number of likely N-dealkylation sites (tertiary alicyclic amines) is 2. The molecule has 0 aliphatic carbocycles. The van der Waals surface area contributed by atoms with Gasteiger partial charge in [0.1, 0.15) is 5.69 Å². The minimum Gasteiger partial charge on any atom is -0.332 e. The fourth-order valence-electron chi connectivity index (χ4n) is 5.71. The van der Waals surface area contributed by atoms with Gasteiger partial charge in [-0.05, 0) is 62.5 Å². The van der Waals surface area contributed by atoms with Gasteiger partial charge in [-0.2, -0.15) is 0 Å². The molecule has 1 amide bonds. The SMILES string of the molecule is CNC(C)c1cccc(C(=O)N2C[C@@H](c3ccccc3)C[C@H]2CN2CCC(c3ccccc3)C2)n1. The van der Waals surface area contributed by atoms with Crippen molar-refractivity contribution in [3.05, 3.63) is 101 Å². The van der Waals surface area contributed by atoms with Crippen LogP contribution in [0.15, 0.2) is 78.9 Å². The van der Waals surface area contributed by atoms with Crippen LogP contribution in [0.1, 0.15) is 65.0 Å². The summed E-state index contributed by atoms with van der Waals surface area (Å²) in [5.41, 5.74) is 4.20. The van der Waals surface area contributed by atoms with E-state index in [1.165, 1.54) is 17.5 Å². The summed E-state index contributed by atoms with van der Waals surface area (Å²) in [4.78, 5) is 23.2. The number of rotatable bonds is 7. The summed E-state index contributed by atoms with van der Waals surface area (Å²) in [5, 5.41) is 3.23. The van der Waals surface area contributed by atoms with Gasteiger partial charge in [0.2, 0.25) is 0 Å². The summed E-state index contributed by atoms with van der Waals surface area (Å²) in [6.07, 6.45) is 2.17. The first kappa shape index (κ1) is 23.7. The van der Waals surface area contributed by atoms with Gasteiger partial charge in [0.05, 0.1) is 5.69 Å². The molecule has 5 nitrogen and oxygen atoms in total. The molecule has 0 radical (unpaired) electrons. The average molecular weight is 469 g/mol. The average Bonchev–Trinajstić information content (AvgIpc) is 3.56. The van der Waals surface area contributed by atoms with Crippen molar-refractivity contribution in [3.8, 4) is 0 Å². The van der Waals surface area contributed by atoms with Crippen molar-refractivity contribution in [3.63, 3.8) is 0 Å². The van der Waals surface area contributed by atoms with Crippen LogP contribution < -0.4 is 5.32 Å². The number of nitrogens with zero attached hydrogens (tertiary/aromatic N) is 3. The van der Waals surface area contributed by atoms with E-state index in [-0.39, 0.29) is 18.0 Å². The lowest BCUT2D eigenvalue weighted by atomic mass is 9.96. The maximum Gasteiger partial charge on any atom is 0.272 e. The minimum absolute atomic E-state index is 0.0531. The molecule has 3 heterocycles. The Balaban J connectivity index is 1.35. The standard InChI is InChI=1S/C30H36N4O/c1-22(31-2)28-14-9-15-29(32-28)30(35)34-20-26(24-12-7-4-8-13-24)18-27(34)21-33-17-16-25(19-33)23-10-5-3-6-11-23/h3-15,22,25-27,31H,16-21H2,1-2H3/t22?,25?,26-,27-/m0/s1. The fourth-order valence-corrected chi connectivity index (χ4v) is 5.71. The zero-order chi connectivity index (χ0) is 24.2. The molecular formula is C30H36N4O. The van der Waals surface area contributed by atoms with Crippen LogP contribution in [0.4, 0.5) is 0 Å². The highest BCUT2D eigenvalue weighted by atomic mass is 16.2. The number of amides is 1. The summed E-state index contributed by atoms with van der Waals surface area (Å²) in [5.74, 6) is 0.988. The predicted octanol–water partition coefficient (Wildman–Crippen LogP) is 4.85. The van der Waals surface area contributed by atoms with Crippen LogP contribution >= 0.6 is 0 Å². The van der Waals surface area contributed by atoms with Gasteiger partial charge in [0.15, 0.2) is 0 Å². The second-order valence-corrected chi connectivity index (χ2v) is 10.1. The van der Waals surface area contributed by atoms with E-state index in [2.05, 4.69) is 82.7 Å². The highest BCUT2D eigenvalue weighted by Crippen LogP contribution is 2.35. The van der Waals surface area contributed by atoms with Gasteiger partial charge < -0.3 is 15.1 Å². The van der Waals surface area contributed by atoms with Gasteiger partial charge in [0.25, 0.3) is 5.91 Å². The van der Waals surface area contributed by atoms with E-state index < -0.39 is 0 Å². The molecule has 0 bridgehead atoms. The number of hydrogen-bond donors (Lipinski definition) is 1. The highest BCUT2D eigenvalue weighted by molar-refractivity contribution is 5.93. The largest absolute Gasteiger partial charge is 0.332 e. The number of benzene rings is 2. The topological polar surface area (TPSA) is 48.5 Å². The Bertz CT molecular complexity index is 1120. The molecule has 1 aromatic heterocycles. The molecule has 2 aromatic carbocycles. The van der Waals surface area contributed by atoms with Gasteiger partial charge >= 0.3 is 0 Å². The van der Waals surface area contributed by atoms with E-state index in [4.69, 9.17) is 4.98 Å². The molecule has 2 saturated heterocycles. The van der Waals surface area contributed by atoms with Gasteiger partial charge in [-0.1, -0.05) is 66.7 Å². The lowest BCUT2D eigenvalue weighted by molar-refractivity contribution is 0.0701. The Morgan fingerprint density at radius 3 is 2.31 bits per heavy atom. The number of pyridine rings is 1. The van der Waals surface area contributed by atoms with E-state index in [9.17, 15) is 4.79 Å². The molecule has 2 aliphatic rings. The molecule has 1 N–H and O–H groups in total. The molecular weight excluding hydrogens is 432 g/mol. The van der Waals surface area contributed by atoms with E-state index in [1.54, 1.807) is 0 Å². The summed E-state index contributed by atoms with van der Waals surface area (Å²) in [7, 11) is 1.92. The van der Waals surface area contributed by atoms with E-state index in [1.807, 2.05) is 25.2 Å². The summed E-state index contributed by atoms with van der Waals surface area (Å²) >= 11 is 0. The number of hydrogen-bond acceptors (Lipinski definition) is 4. The Hall–Kier alpha value is -3.02. The number of aromatic nitrogens is 1. The van der Waals surface area contributed by atoms with Gasteiger partial charge in [0, 0.05) is 37.6 Å². The summed E-state index contributed by atoms with van der Waals surface area (Å²) in [6.45, 7) is 5.88. The van der Waals surface area contributed by atoms with Crippen LogP contribution in [0.25, 0.3) is 0 Å². The number of carbonyl (C=O) groups excluding carboxylic acids is 1. The molecule has 0 spiro atoms. The smallest absolute Gasteiger partial charge is 0.272 e. The Morgan fingerprint density at radius 1 is 0.943 bits per heavy atom. The van der Waals surface area contributed by atoms with Crippen molar-refractivity contribution in [2.75, 3.05) is 33.2 Å². The zero-order valence-electron chi connectivity index (χ0n) is 20.8.